The minimum absolute atomic E-state index is 0. The highest BCUT2D eigenvalue weighted by atomic mass is 35.5. The first-order valence-corrected chi connectivity index (χ1v) is 19.6. The van der Waals surface area contributed by atoms with Crippen LogP contribution < -0.4 is 28.8 Å². The number of unbranched alkanes of at least 4 members (excludes halogenated alkanes) is 4. The van der Waals surface area contributed by atoms with Crippen LogP contribution in [0, 0.1) is 0 Å². The lowest BCUT2D eigenvalue weighted by Gasteiger charge is -2.46. The van der Waals surface area contributed by atoms with Gasteiger partial charge in [-0.15, -0.1) is 24.8 Å². The molecule has 4 aromatic carbocycles. The molecule has 0 radical (unpaired) electrons. The number of hydrogen-bond acceptors (Lipinski definition) is 9. The Morgan fingerprint density at radius 3 is 2.19 bits per heavy atom. The molecule has 4 aliphatic heterocycles. The summed E-state index contributed by atoms with van der Waals surface area (Å²) >= 11 is 0. The van der Waals surface area contributed by atoms with Crippen molar-refractivity contribution in [1.29, 1.82) is 0 Å². The van der Waals surface area contributed by atoms with E-state index in [2.05, 4.69) is 55.4 Å². The third kappa shape index (κ3) is 9.36. The molecule has 0 aliphatic carbocycles. The largest absolute Gasteiger partial charge is 0.550 e. The molecule has 4 aliphatic rings. The molecule has 10 nitrogen and oxygen atoms in total. The number of methoxy groups -OCH3 is 3. The number of carbonyl (C=O) groups excluding carboxylic acids is 1. The number of nitrogens with zero attached hydrogens (tertiary/aromatic N) is 2. The molecule has 12 heteroatoms. The van der Waals surface area contributed by atoms with Crippen molar-refractivity contribution in [2.75, 3.05) is 55.1 Å². The van der Waals surface area contributed by atoms with Gasteiger partial charge < -0.3 is 43.2 Å². The Balaban J connectivity index is 0.00000310. The zero-order valence-electron chi connectivity index (χ0n) is 33.6. The number of carboxylic acid groups (broad SMARTS) is 1. The first kappa shape index (κ1) is 43.8. The average Bonchev–Trinajstić information content (AvgIpc) is 3.18. The van der Waals surface area contributed by atoms with Gasteiger partial charge in [-0.2, -0.15) is 0 Å². The highest BCUT2D eigenvalue weighted by Gasteiger charge is 2.43. The van der Waals surface area contributed by atoms with E-state index in [0.717, 1.165) is 91.5 Å². The lowest BCUT2D eigenvalue weighted by atomic mass is 9.85. The van der Waals surface area contributed by atoms with Gasteiger partial charge in [0.1, 0.15) is 11.8 Å². The maximum absolute atomic E-state index is 12.0. The molecule has 0 aromatic heterocycles. The van der Waals surface area contributed by atoms with Gasteiger partial charge in [0.2, 0.25) is 5.75 Å². The summed E-state index contributed by atoms with van der Waals surface area (Å²) in [5.74, 6) is 2.95. The number of quaternary nitrogens is 1. The predicted molar refractivity (Wildman–Crippen MR) is 223 cm³/mol. The summed E-state index contributed by atoms with van der Waals surface area (Å²) in [4.78, 5) is 13.3. The fourth-order valence-electron chi connectivity index (χ4n) is 8.87. The average molecular weight is 824 g/mol. The van der Waals surface area contributed by atoms with E-state index in [4.69, 9.17) is 23.7 Å². The van der Waals surface area contributed by atoms with Crippen LogP contribution in [0.1, 0.15) is 84.0 Å². The molecule has 3 unspecified atom stereocenters. The number of likely N-dealkylation sites (N-methyl/N-ethyl adjacent to an activating group) is 2. The van der Waals surface area contributed by atoms with Gasteiger partial charge in [0, 0.05) is 31.4 Å². The number of halogens is 2. The van der Waals surface area contributed by atoms with Crippen molar-refractivity contribution in [3.8, 4) is 46.0 Å². The van der Waals surface area contributed by atoms with Gasteiger partial charge in [0.05, 0.1) is 47.0 Å². The van der Waals surface area contributed by atoms with E-state index in [9.17, 15) is 15.0 Å². The molecule has 1 N–H and O–H groups in total. The molecule has 308 valence electrons. The van der Waals surface area contributed by atoms with Gasteiger partial charge in [-0.25, -0.2) is 0 Å². The molecular weight excluding hydrogens is 767 g/mol. The highest BCUT2D eigenvalue weighted by molar-refractivity contribution is 5.85. The SMILES string of the molecule is COc1ccc2cc1Oc1ccc(cc1)CC1c3cc(c(OC)cc3CCN1C)Oc1c(O)c(OC)cc3c1C(C2)[N+](C)(CCCCCCCC(=O)[O-])CC3.Cl.Cl. The second-order valence-corrected chi connectivity index (χ2v) is 15.6. The molecule has 3 atom stereocenters. The predicted octanol–water partition coefficient (Wildman–Crippen LogP) is 8.31. The summed E-state index contributed by atoms with van der Waals surface area (Å²) in [5.41, 5.74) is 6.71. The smallest absolute Gasteiger partial charge is 0.201 e. The number of fused-ring (bicyclic) bond motifs is 2. The Kier molecular flexibility index (Phi) is 14.5. The molecule has 4 heterocycles. The number of ether oxygens (including phenoxy) is 5. The summed E-state index contributed by atoms with van der Waals surface area (Å²) < 4.78 is 31.8. The molecule has 0 spiro atoms. The van der Waals surface area contributed by atoms with E-state index in [0.29, 0.717) is 47.3 Å². The van der Waals surface area contributed by atoms with Crippen molar-refractivity contribution in [1.82, 2.24) is 4.90 Å². The monoisotopic (exact) mass is 822 g/mol. The molecule has 8 rings (SSSR count). The maximum Gasteiger partial charge on any atom is 0.201 e. The molecule has 0 amide bonds. The summed E-state index contributed by atoms with van der Waals surface area (Å²) in [6.45, 7) is 2.71. The van der Waals surface area contributed by atoms with Crippen molar-refractivity contribution in [2.24, 2.45) is 0 Å². The number of aliphatic carboxylic acids is 1. The number of rotatable bonds is 11. The normalized spacial score (nSPS) is 19.6. The summed E-state index contributed by atoms with van der Waals surface area (Å²) in [7, 11) is 9.38. The lowest BCUT2D eigenvalue weighted by molar-refractivity contribution is -0.941. The Morgan fingerprint density at radius 2 is 1.47 bits per heavy atom. The molecule has 4 aromatic rings. The maximum atomic E-state index is 12.0. The Hall–Kier alpha value is -4.35. The number of phenolic OH excluding ortho intramolecular Hbond substituents is 1. The second-order valence-electron chi connectivity index (χ2n) is 15.6. The molecule has 0 fully saturated rings. The van der Waals surface area contributed by atoms with Crippen LogP contribution in [0.15, 0.2) is 60.7 Å². The zero-order valence-corrected chi connectivity index (χ0v) is 35.3. The Bertz CT molecular complexity index is 2030. The van der Waals surface area contributed by atoms with Crippen molar-refractivity contribution < 1.29 is 43.2 Å². The second kappa shape index (κ2) is 18.9. The van der Waals surface area contributed by atoms with Crippen LogP contribution in [0.5, 0.6) is 46.0 Å². The van der Waals surface area contributed by atoms with E-state index >= 15 is 0 Å². The van der Waals surface area contributed by atoms with Crippen molar-refractivity contribution in [3.05, 3.63) is 94.0 Å². The fourth-order valence-corrected chi connectivity index (χ4v) is 8.87. The minimum atomic E-state index is -0.987. The van der Waals surface area contributed by atoms with Crippen LogP contribution in [0.3, 0.4) is 0 Å². The Labute approximate surface area is 349 Å². The van der Waals surface area contributed by atoms with Gasteiger partial charge in [0.25, 0.3) is 0 Å². The summed E-state index contributed by atoms with van der Waals surface area (Å²) in [6, 6.07) is 20.6. The third-order valence-electron chi connectivity index (χ3n) is 12.1. The molecular formula is C45H56Cl2N2O8. The molecule has 0 saturated carbocycles. The summed E-state index contributed by atoms with van der Waals surface area (Å²) in [6.07, 6.45) is 7.66. The molecule has 0 saturated heterocycles. The quantitative estimate of drug-likeness (QED) is 0.118. The van der Waals surface area contributed by atoms with E-state index < -0.39 is 5.97 Å². The third-order valence-corrected chi connectivity index (χ3v) is 12.1. The first-order chi connectivity index (χ1) is 26.6. The van der Waals surface area contributed by atoms with Crippen LogP contribution >= 0.6 is 24.8 Å². The van der Waals surface area contributed by atoms with Gasteiger partial charge in [-0.1, -0.05) is 31.0 Å². The van der Waals surface area contributed by atoms with Crippen LogP contribution in [0.25, 0.3) is 0 Å². The van der Waals surface area contributed by atoms with Crippen molar-refractivity contribution in [2.45, 2.75) is 76.3 Å². The van der Waals surface area contributed by atoms with Crippen molar-refractivity contribution >= 4 is 30.8 Å². The van der Waals surface area contributed by atoms with E-state index in [1.54, 1.807) is 21.3 Å². The van der Waals surface area contributed by atoms with E-state index in [1.165, 1.54) is 16.7 Å². The number of phenols is 1. The minimum Gasteiger partial charge on any atom is -0.550 e. The molecule has 6 bridgehead atoms. The zero-order chi connectivity index (χ0) is 38.7. The number of aromatic hydroxyl groups is 1. The van der Waals surface area contributed by atoms with Crippen LogP contribution in [-0.4, -0.2) is 75.5 Å². The van der Waals surface area contributed by atoms with Gasteiger partial charge in [-0.3, -0.25) is 4.90 Å². The topological polar surface area (TPSA) is 110 Å². The van der Waals surface area contributed by atoms with Gasteiger partial charge in [-0.05, 0) is 116 Å². The lowest BCUT2D eigenvalue weighted by Crippen LogP contribution is -2.52. The van der Waals surface area contributed by atoms with Crippen LogP contribution in [0.4, 0.5) is 0 Å². The van der Waals surface area contributed by atoms with Gasteiger partial charge in [0.15, 0.2) is 34.5 Å². The fraction of sp³-hybridized carbons (Fsp3) is 0.444. The number of carboxylic acids is 1. The number of hydrogen-bond donors (Lipinski definition) is 1. The van der Waals surface area contributed by atoms with E-state index in [1.807, 2.05) is 24.3 Å². The Morgan fingerprint density at radius 1 is 0.807 bits per heavy atom. The number of carbonyl (C=O) groups is 1. The highest BCUT2D eigenvalue weighted by Crippen LogP contribution is 2.53. The standard InChI is InChI=1S/C45H54N2O8.2ClH/c1-46-20-18-31-26-38(52-4)40-28-34(31)35(46)23-29-12-15-33(16-13-29)54-39-25-30(14-17-37(39)51-3)24-36-43-32(27-41(53-5)44(50)45(43)55-40)19-22-47(36,2)21-10-8-6-7-9-11-42(48)49;;/h12-17,25-28,35-36H,6-11,18-24H2,1-5H3,(H-,48,49,50);2*1H. The number of benzene rings is 4. The van der Waals surface area contributed by atoms with Crippen molar-refractivity contribution in [3.63, 3.8) is 0 Å². The summed E-state index contributed by atoms with van der Waals surface area (Å²) in [5, 5.41) is 23.0. The van der Waals surface area contributed by atoms with Gasteiger partial charge >= 0.3 is 0 Å². The first-order valence-electron chi connectivity index (χ1n) is 19.6. The van der Waals surface area contributed by atoms with E-state index in [-0.39, 0.29) is 49.1 Å². The van der Waals surface area contributed by atoms with Crippen LogP contribution in [0.2, 0.25) is 0 Å². The van der Waals surface area contributed by atoms with Crippen LogP contribution in [-0.2, 0) is 30.5 Å². The molecule has 57 heavy (non-hydrogen) atoms.